The number of nitrogens with one attached hydrogen (secondary N) is 1. The van der Waals surface area contributed by atoms with Crippen LogP contribution in [0.5, 0.6) is 0 Å². The predicted molar refractivity (Wildman–Crippen MR) is 68.3 cm³/mol. The molecule has 0 bridgehead atoms. The van der Waals surface area contributed by atoms with Crippen LogP contribution in [0.2, 0.25) is 0 Å². The number of carbonyl (C=O) groups is 1. The van der Waals surface area contributed by atoms with Gasteiger partial charge in [0.2, 0.25) is 0 Å². The molecule has 6 nitrogen and oxygen atoms in total. The number of furan rings is 1. The van der Waals surface area contributed by atoms with Crippen LogP contribution in [-0.4, -0.2) is 34.1 Å². The maximum Gasteiger partial charge on any atom is 0.287 e. The second-order valence-corrected chi connectivity index (χ2v) is 6.39. The van der Waals surface area contributed by atoms with Crippen molar-refractivity contribution in [3.63, 3.8) is 0 Å². The van der Waals surface area contributed by atoms with E-state index in [0.717, 1.165) is 6.07 Å². The first kappa shape index (κ1) is 15.5. The number of hydrogen-bond donors (Lipinski definition) is 1. The van der Waals surface area contributed by atoms with Gasteiger partial charge >= 0.3 is 0 Å². The van der Waals surface area contributed by atoms with Gasteiger partial charge in [-0.15, -0.1) is 0 Å². The van der Waals surface area contributed by atoms with Crippen molar-refractivity contribution in [3.8, 4) is 0 Å². The van der Waals surface area contributed by atoms with E-state index in [1.54, 1.807) is 0 Å². The minimum atomic E-state index is -3.95. The summed E-state index contributed by atoms with van der Waals surface area (Å²) < 4.78 is 32.1. The van der Waals surface area contributed by atoms with Crippen molar-refractivity contribution >= 4 is 41.6 Å². The second kappa shape index (κ2) is 6.55. The SMILES string of the molecule is CCOCCNC(=O)c1cc(S(=O)(=O)Cl)c(Br)o1. The second-order valence-electron chi connectivity index (χ2n) is 3.14. The number of rotatable bonds is 6. The molecule has 0 spiro atoms. The highest BCUT2D eigenvalue weighted by Gasteiger charge is 2.22. The minimum Gasteiger partial charge on any atom is -0.443 e. The molecule has 1 rings (SSSR count). The molecular weight excluding hydrogens is 350 g/mol. The molecular formula is C9H11BrClNO5S. The third-order valence-corrected chi connectivity index (χ3v) is 4.06. The molecule has 0 fully saturated rings. The van der Waals surface area contributed by atoms with Gasteiger partial charge in [0.05, 0.1) is 6.61 Å². The molecule has 1 heterocycles. The Hall–Kier alpha value is -0.570. The zero-order valence-electron chi connectivity index (χ0n) is 9.40. The summed E-state index contributed by atoms with van der Waals surface area (Å²) in [5.41, 5.74) is 0. The predicted octanol–water partition coefficient (Wildman–Crippen LogP) is 1.74. The lowest BCUT2D eigenvalue weighted by molar-refractivity contribution is 0.0894. The molecule has 0 saturated heterocycles. The summed E-state index contributed by atoms with van der Waals surface area (Å²) in [5.74, 6) is -0.681. The molecule has 18 heavy (non-hydrogen) atoms. The van der Waals surface area contributed by atoms with E-state index in [4.69, 9.17) is 19.8 Å². The Morgan fingerprint density at radius 2 is 2.28 bits per heavy atom. The van der Waals surface area contributed by atoms with Crippen molar-refractivity contribution < 1.29 is 22.4 Å². The molecule has 1 aromatic rings. The van der Waals surface area contributed by atoms with E-state index < -0.39 is 15.0 Å². The highest BCUT2D eigenvalue weighted by Crippen LogP contribution is 2.28. The highest BCUT2D eigenvalue weighted by molar-refractivity contribution is 9.10. The zero-order valence-corrected chi connectivity index (χ0v) is 12.6. The van der Waals surface area contributed by atoms with Gasteiger partial charge in [0.15, 0.2) is 10.4 Å². The zero-order chi connectivity index (χ0) is 13.8. The van der Waals surface area contributed by atoms with E-state index in [1.807, 2.05) is 6.92 Å². The summed E-state index contributed by atoms with van der Waals surface area (Å²) in [7, 11) is 1.21. The maximum absolute atomic E-state index is 11.6. The van der Waals surface area contributed by atoms with Crippen molar-refractivity contribution in [3.05, 3.63) is 16.5 Å². The Morgan fingerprint density at radius 3 is 2.78 bits per heavy atom. The first-order chi connectivity index (χ1) is 8.36. The van der Waals surface area contributed by atoms with Gasteiger partial charge in [0.25, 0.3) is 15.0 Å². The fourth-order valence-electron chi connectivity index (χ4n) is 1.10. The monoisotopic (exact) mass is 359 g/mol. The fourth-order valence-corrected chi connectivity index (χ4v) is 3.13. The van der Waals surface area contributed by atoms with Gasteiger partial charge in [-0.05, 0) is 22.9 Å². The average molecular weight is 361 g/mol. The normalized spacial score (nSPS) is 11.5. The van der Waals surface area contributed by atoms with Gasteiger partial charge in [0.1, 0.15) is 4.90 Å². The van der Waals surface area contributed by atoms with E-state index in [1.165, 1.54) is 0 Å². The lowest BCUT2D eigenvalue weighted by Gasteiger charge is -2.02. The molecule has 1 N–H and O–H groups in total. The highest BCUT2D eigenvalue weighted by atomic mass is 79.9. The van der Waals surface area contributed by atoms with Crippen molar-refractivity contribution in [1.29, 1.82) is 0 Å². The third-order valence-electron chi connectivity index (χ3n) is 1.88. The topological polar surface area (TPSA) is 85.6 Å². The molecule has 9 heteroatoms. The van der Waals surface area contributed by atoms with E-state index >= 15 is 0 Å². The Morgan fingerprint density at radius 1 is 1.61 bits per heavy atom. The van der Waals surface area contributed by atoms with Crippen molar-refractivity contribution in [2.75, 3.05) is 19.8 Å². The Balaban J connectivity index is 2.71. The van der Waals surface area contributed by atoms with Crippen LogP contribution in [0.15, 0.2) is 20.0 Å². The van der Waals surface area contributed by atoms with Crippen LogP contribution < -0.4 is 5.32 Å². The third kappa shape index (κ3) is 4.27. The molecule has 0 aromatic carbocycles. The smallest absolute Gasteiger partial charge is 0.287 e. The van der Waals surface area contributed by atoms with Crippen LogP contribution in [0.25, 0.3) is 0 Å². The summed E-state index contributed by atoms with van der Waals surface area (Å²) in [6.07, 6.45) is 0. The Labute approximate surface area is 117 Å². The summed E-state index contributed by atoms with van der Waals surface area (Å²) in [6.45, 7) is 3.05. The molecule has 1 aromatic heterocycles. The van der Waals surface area contributed by atoms with Crippen LogP contribution in [-0.2, 0) is 13.8 Å². The van der Waals surface area contributed by atoms with Crippen LogP contribution >= 0.6 is 26.6 Å². The van der Waals surface area contributed by atoms with Gasteiger partial charge < -0.3 is 14.5 Å². The quantitative estimate of drug-likeness (QED) is 0.617. The summed E-state index contributed by atoms with van der Waals surface area (Å²) in [5, 5.41) is 2.51. The summed E-state index contributed by atoms with van der Waals surface area (Å²) >= 11 is 2.88. The molecule has 0 aliphatic rings. The van der Waals surface area contributed by atoms with Gasteiger partial charge in [-0.2, -0.15) is 0 Å². The van der Waals surface area contributed by atoms with Gasteiger partial charge in [-0.25, -0.2) is 8.42 Å². The van der Waals surface area contributed by atoms with Gasteiger partial charge in [-0.3, -0.25) is 4.79 Å². The average Bonchev–Trinajstić information content (AvgIpc) is 2.66. The number of hydrogen-bond acceptors (Lipinski definition) is 5. The molecule has 102 valence electrons. The Bertz CT molecular complexity index is 527. The molecule has 0 aliphatic heterocycles. The van der Waals surface area contributed by atoms with Gasteiger partial charge in [-0.1, -0.05) is 0 Å². The van der Waals surface area contributed by atoms with Crippen molar-refractivity contribution in [2.45, 2.75) is 11.8 Å². The molecule has 0 aliphatic carbocycles. The van der Waals surface area contributed by atoms with Crippen molar-refractivity contribution in [1.82, 2.24) is 5.32 Å². The summed E-state index contributed by atoms with van der Waals surface area (Å²) in [6, 6.07) is 1.06. The number of halogens is 2. The van der Waals surface area contributed by atoms with E-state index in [9.17, 15) is 13.2 Å². The summed E-state index contributed by atoms with van der Waals surface area (Å²) in [4.78, 5) is 11.3. The molecule has 0 unspecified atom stereocenters. The van der Waals surface area contributed by atoms with E-state index in [0.29, 0.717) is 19.8 Å². The molecule has 0 radical (unpaired) electrons. The Kier molecular flexibility index (Phi) is 5.64. The molecule has 0 saturated carbocycles. The minimum absolute atomic E-state index is 0.104. The van der Waals surface area contributed by atoms with E-state index in [-0.39, 0.29) is 15.3 Å². The van der Waals surface area contributed by atoms with Crippen LogP contribution in [0, 0.1) is 0 Å². The first-order valence-corrected chi connectivity index (χ1v) is 8.06. The van der Waals surface area contributed by atoms with Gasteiger partial charge in [0, 0.05) is 29.9 Å². The number of carbonyl (C=O) groups excluding carboxylic acids is 1. The number of amides is 1. The largest absolute Gasteiger partial charge is 0.443 e. The standard InChI is InChI=1S/C9H11BrClNO5S/c1-2-16-4-3-12-9(13)6-5-7(8(10)17-6)18(11,14)15/h5H,2-4H2,1H3,(H,12,13). The van der Waals surface area contributed by atoms with Crippen LogP contribution in [0.1, 0.15) is 17.5 Å². The number of ether oxygens (including phenoxy) is 1. The maximum atomic E-state index is 11.6. The molecule has 1 amide bonds. The van der Waals surface area contributed by atoms with Crippen molar-refractivity contribution in [2.24, 2.45) is 0 Å². The van der Waals surface area contributed by atoms with E-state index in [2.05, 4.69) is 21.2 Å². The van der Waals surface area contributed by atoms with Crippen LogP contribution in [0.3, 0.4) is 0 Å². The fraction of sp³-hybridized carbons (Fsp3) is 0.444. The lowest BCUT2D eigenvalue weighted by atomic mass is 10.4. The van der Waals surface area contributed by atoms with Crippen LogP contribution in [0.4, 0.5) is 0 Å². The lowest BCUT2D eigenvalue weighted by Crippen LogP contribution is -2.26. The molecule has 0 atom stereocenters. The first-order valence-electron chi connectivity index (χ1n) is 4.96.